The van der Waals surface area contributed by atoms with E-state index in [0.29, 0.717) is 0 Å². The highest BCUT2D eigenvalue weighted by Gasteiger charge is 1.98. The molecule has 0 aliphatic heterocycles. The first-order valence-electron chi connectivity index (χ1n) is 4.16. The maximum atomic E-state index is 5.81. The Morgan fingerprint density at radius 2 is 2.29 bits per heavy atom. The maximum Gasteiger partial charge on any atom is 0.106 e. The fraction of sp³-hybridized carbons (Fsp3) is 0.222. The molecule has 14 heavy (non-hydrogen) atoms. The number of hydrogen-bond donors (Lipinski definition) is 1. The Bertz CT molecular complexity index is 383. The summed E-state index contributed by atoms with van der Waals surface area (Å²) in [5.74, 6) is 0. The van der Waals surface area contributed by atoms with Crippen molar-refractivity contribution in [3.05, 3.63) is 37.9 Å². The van der Waals surface area contributed by atoms with Gasteiger partial charge in [0.1, 0.15) is 5.01 Å². The molecule has 2 rings (SSSR count). The van der Waals surface area contributed by atoms with Gasteiger partial charge in [0, 0.05) is 34.9 Å². The van der Waals surface area contributed by atoms with E-state index in [2.05, 4.69) is 10.3 Å². The number of nitrogens with zero attached hydrogens (tertiary/aromatic N) is 1. The van der Waals surface area contributed by atoms with Crippen LogP contribution in [0, 0.1) is 0 Å². The molecule has 0 radical (unpaired) electrons. The summed E-state index contributed by atoms with van der Waals surface area (Å²) in [5, 5.41) is 9.19. The number of halogens is 1. The molecular weight excluding hydrogens is 236 g/mol. The molecule has 0 bridgehead atoms. The van der Waals surface area contributed by atoms with Gasteiger partial charge < -0.3 is 5.32 Å². The van der Waals surface area contributed by atoms with E-state index in [1.165, 1.54) is 4.88 Å². The van der Waals surface area contributed by atoms with Crippen LogP contribution in [-0.4, -0.2) is 4.98 Å². The highest BCUT2D eigenvalue weighted by Crippen LogP contribution is 2.18. The Morgan fingerprint density at radius 1 is 1.36 bits per heavy atom. The van der Waals surface area contributed by atoms with Gasteiger partial charge in [-0.3, -0.25) is 0 Å². The number of thiophene rings is 1. The molecule has 1 N–H and O–H groups in total. The zero-order valence-electron chi connectivity index (χ0n) is 7.37. The van der Waals surface area contributed by atoms with Crippen molar-refractivity contribution in [2.75, 3.05) is 0 Å². The van der Waals surface area contributed by atoms with Gasteiger partial charge in [-0.2, -0.15) is 0 Å². The number of nitrogens with one attached hydrogen (secondary N) is 1. The Kier molecular flexibility index (Phi) is 3.53. The molecule has 2 aromatic rings. The zero-order chi connectivity index (χ0) is 9.80. The van der Waals surface area contributed by atoms with Crippen molar-refractivity contribution >= 4 is 34.3 Å². The summed E-state index contributed by atoms with van der Waals surface area (Å²) >= 11 is 9.15. The molecule has 0 amide bonds. The molecule has 0 unspecified atom stereocenters. The van der Waals surface area contributed by atoms with Gasteiger partial charge >= 0.3 is 0 Å². The van der Waals surface area contributed by atoms with Crippen LogP contribution in [0.3, 0.4) is 0 Å². The quantitative estimate of drug-likeness (QED) is 0.894. The molecule has 0 atom stereocenters. The second-order valence-corrected chi connectivity index (χ2v) is 5.17. The summed E-state index contributed by atoms with van der Waals surface area (Å²) in [6.07, 6.45) is 1.82. The molecule has 0 saturated carbocycles. The van der Waals surface area contributed by atoms with Crippen molar-refractivity contribution < 1.29 is 0 Å². The average molecular weight is 245 g/mol. The highest BCUT2D eigenvalue weighted by molar-refractivity contribution is 7.10. The lowest BCUT2D eigenvalue weighted by molar-refractivity contribution is 0.697. The van der Waals surface area contributed by atoms with Crippen molar-refractivity contribution in [1.29, 1.82) is 0 Å². The van der Waals surface area contributed by atoms with Gasteiger partial charge in [0.15, 0.2) is 0 Å². The summed E-state index contributed by atoms with van der Waals surface area (Å²) in [5.41, 5.74) is 0. The normalized spacial score (nSPS) is 10.6. The van der Waals surface area contributed by atoms with Crippen LogP contribution in [0.25, 0.3) is 0 Å². The largest absolute Gasteiger partial charge is 0.306 e. The van der Waals surface area contributed by atoms with Gasteiger partial charge in [0.25, 0.3) is 0 Å². The van der Waals surface area contributed by atoms with Gasteiger partial charge in [-0.25, -0.2) is 4.98 Å². The third-order valence-electron chi connectivity index (χ3n) is 1.68. The van der Waals surface area contributed by atoms with Gasteiger partial charge in [-0.05, 0) is 6.07 Å². The number of aromatic nitrogens is 1. The summed E-state index contributed by atoms with van der Waals surface area (Å²) in [6, 6.07) is 1.99. The van der Waals surface area contributed by atoms with Crippen molar-refractivity contribution in [3.63, 3.8) is 0 Å². The van der Waals surface area contributed by atoms with E-state index in [4.69, 9.17) is 11.6 Å². The Labute approximate surface area is 95.6 Å². The fourth-order valence-electron chi connectivity index (χ4n) is 1.08. The van der Waals surface area contributed by atoms with Gasteiger partial charge in [0.05, 0.1) is 5.02 Å². The number of rotatable bonds is 4. The molecule has 0 aliphatic carbocycles. The third-order valence-corrected chi connectivity index (χ3v) is 3.74. The van der Waals surface area contributed by atoms with E-state index in [9.17, 15) is 0 Å². The molecule has 0 spiro atoms. The van der Waals surface area contributed by atoms with Crippen molar-refractivity contribution in [3.8, 4) is 0 Å². The lowest BCUT2D eigenvalue weighted by Crippen LogP contribution is -2.11. The number of thiazole rings is 1. The smallest absolute Gasteiger partial charge is 0.106 e. The van der Waals surface area contributed by atoms with Crippen molar-refractivity contribution in [2.45, 2.75) is 13.1 Å². The third kappa shape index (κ3) is 2.78. The van der Waals surface area contributed by atoms with Crippen LogP contribution in [0.1, 0.15) is 9.88 Å². The van der Waals surface area contributed by atoms with E-state index in [1.54, 1.807) is 22.7 Å². The maximum absolute atomic E-state index is 5.81. The van der Waals surface area contributed by atoms with Crippen molar-refractivity contribution in [1.82, 2.24) is 10.3 Å². The first-order chi connectivity index (χ1) is 6.84. The van der Waals surface area contributed by atoms with Crippen LogP contribution in [0.15, 0.2) is 23.0 Å². The minimum Gasteiger partial charge on any atom is -0.306 e. The molecule has 2 nitrogen and oxygen atoms in total. The molecule has 0 fully saturated rings. The minimum absolute atomic E-state index is 0.820. The summed E-state index contributed by atoms with van der Waals surface area (Å²) in [7, 11) is 0. The Hall–Kier alpha value is -0.420. The SMILES string of the molecule is Clc1csc(CNCc2nccs2)c1. The van der Waals surface area contributed by atoms with Crippen LogP contribution in [-0.2, 0) is 13.1 Å². The molecule has 0 saturated heterocycles. The van der Waals surface area contributed by atoms with Crippen LogP contribution >= 0.6 is 34.3 Å². The zero-order valence-corrected chi connectivity index (χ0v) is 9.75. The van der Waals surface area contributed by atoms with Crippen LogP contribution in [0.4, 0.5) is 0 Å². The average Bonchev–Trinajstić information content (AvgIpc) is 2.77. The monoisotopic (exact) mass is 244 g/mol. The molecule has 2 aromatic heterocycles. The standard InChI is InChI=1S/C9H9ClN2S2/c10-7-3-8(14-6-7)4-11-5-9-12-1-2-13-9/h1-3,6,11H,4-5H2. The lowest BCUT2D eigenvalue weighted by atomic mass is 10.4. The summed E-state index contributed by atoms with van der Waals surface area (Å²) in [6.45, 7) is 1.68. The Balaban J connectivity index is 1.78. The first kappa shape index (κ1) is 10.1. The molecule has 74 valence electrons. The minimum atomic E-state index is 0.820. The van der Waals surface area contributed by atoms with Crippen LogP contribution in [0.2, 0.25) is 5.02 Å². The van der Waals surface area contributed by atoms with Gasteiger partial charge in [-0.15, -0.1) is 22.7 Å². The highest BCUT2D eigenvalue weighted by atomic mass is 35.5. The predicted molar refractivity (Wildman–Crippen MR) is 62.0 cm³/mol. The molecule has 5 heteroatoms. The van der Waals surface area contributed by atoms with Crippen LogP contribution in [0.5, 0.6) is 0 Å². The van der Waals surface area contributed by atoms with Crippen LogP contribution < -0.4 is 5.32 Å². The molecule has 0 aliphatic rings. The number of hydrogen-bond acceptors (Lipinski definition) is 4. The Morgan fingerprint density at radius 3 is 2.93 bits per heavy atom. The summed E-state index contributed by atoms with van der Waals surface area (Å²) in [4.78, 5) is 5.44. The topological polar surface area (TPSA) is 24.9 Å². The van der Waals surface area contributed by atoms with Crippen molar-refractivity contribution in [2.24, 2.45) is 0 Å². The second-order valence-electron chi connectivity index (χ2n) is 2.76. The predicted octanol–water partition coefficient (Wildman–Crippen LogP) is 3.15. The van der Waals surface area contributed by atoms with E-state index < -0.39 is 0 Å². The fourth-order valence-corrected chi connectivity index (χ4v) is 2.71. The second kappa shape index (κ2) is 4.89. The lowest BCUT2D eigenvalue weighted by Gasteiger charge is -1.98. The molecular formula is C9H9ClN2S2. The first-order valence-corrected chi connectivity index (χ1v) is 6.30. The van der Waals surface area contributed by atoms with E-state index in [-0.39, 0.29) is 0 Å². The van der Waals surface area contributed by atoms with Gasteiger partial charge in [-0.1, -0.05) is 11.6 Å². The molecule has 2 heterocycles. The molecule has 0 aromatic carbocycles. The summed E-state index contributed by atoms with van der Waals surface area (Å²) < 4.78 is 0. The van der Waals surface area contributed by atoms with Gasteiger partial charge in [0.2, 0.25) is 0 Å². The van der Waals surface area contributed by atoms with E-state index in [1.807, 2.05) is 23.0 Å². The van der Waals surface area contributed by atoms with E-state index in [0.717, 1.165) is 23.1 Å². The van der Waals surface area contributed by atoms with E-state index >= 15 is 0 Å².